The van der Waals surface area contributed by atoms with E-state index in [1.165, 1.54) is 25.1 Å². The highest BCUT2D eigenvalue weighted by Gasteiger charge is 2.23. The summed E-state index contributed by atoms with van der Waals surface area (Å²) in [5.74, 6) is -3.05. The van der Waals surface area contributed by atoms with E-state index in [2.05, 4.69) is 5.32 Å². The molecule has 1 aromatic carbocycles. The normalized spacial score (nSPS) is 13.6. The summed E-state index contributed by atoms with van der Waals surface area (Å²) in [5.41, 5.74) is 0.215. The standard InChI is InChI=1S/C13H16FNO4/c1-8(7-16)12(17)15-11(13(18)19)6-9-4-2-3-5-10(9)14/h2-5,8,11,16H,6-7H2,1H3,(H,15,17)(H,18,19). The quantitative estimate of drug-likeness (QED) is 0.704. The van der Waals surface area contributed by atoms with Gasteiger partial charge in [-0.25, -0.2) is 9.18 Å². The largest absolute Gasteiger partial charge is 0.480 e. The number of hydrogen-bond acceptors (Lipinski definition) is 3. The van der Waals surface area contributed by atoms with Crippen molar-refractivity contribution in [2.45, 2.75) is 19.4 Å². The number of hydrogen-bond donors (Lipinski definition) is 3. The molecule has 0 spiro atoms. The predicted octanol–water partition coefficient (Wildman–Crippen LogP) is 0.566. The Morgan fingerprint density at radius 3 is 2.53 bits per heavy atom. The van der Waals surface area contributed by atoms with Gasteiger partial charge >= 0.3 is 5.97 Å². The average Bonchev–Trinajstić information content (AvgIpc) is 2.39. The molecular weight excluding hydrogens is 253 g/mol. The number of aliphatic hydroxyl groups excluding tert-OH is 1. The number of amides is 1. The van der Waals surface area contributed by atoms with Crippen LogP contribution in [0, 0.1) is 11.7 Å². The van der Waals surface area contributed by atoms with Gasteiger partial charge in [-0.05, 0) is 11.6 Å². The van der Waals surface area contributed by atoms with Crippen molar-refractivity contribution >= 4 is 11.9 Å². The minimum atomic E-state index is -1.25. The molecule has 2 atom stereocenters. The van der Waals surface area contributed by atoms with Crippen molar-refractivity contribution in [2.75, 3.05) is 6.61 Å². The van der Waals surface area contributed by atoms with Crippen LogP contribution in [0.15, 0.2) is 24.3 Å². The molecule has 0 radical (unpaired) electrons. The van der Waals surface area contributed by atoms with E-state index in [4.69, 9.17) is 10.2 Å². The molecule has 5 nitrogen and oxygen atoms in total. The number of carboxylic acid groups (broad SMARTS) is 1. The van der Waals surface area contributed by atoms with E-state index < -0.39 is 29.7 Å². The maximum atomic E-state index is 13.4. The highest BCUT2D eigenvalue weighted by atomic mass is 19.1. The molecule has 0 aliphatic rings. The second kappa shape index (κ2) is 6.84. The Balaban J connectivity index is 2.77. The van der Waals surface area contributed by atoms with E-state index in [1.54, 1.807) is 6.07 Å². The Hall–Kier alpha value is -1.95. The third kappa shape index (κ3) is 4.33. The lowest BCUT2D eigenvalue weighted by Gasteiger charge is -2.17. The first kappa shape index (κ1) is 15.1. The molecular formula is C13H16FNO4. The number of benzene rings is 1. The van der Waals surface area contributed by atoms with E-state index in [0.29, 0.717) is 0 Å². The Labute approximate surface area is 110 Å². The number of carbonyl (C=O) groups excluding carboxylic acids is 1. The van der Waals surface area contributed by atoms with Crippen LogP contribution < -0.4 is 5.32 Å². The topological polar surface area (TPSA) is 86.6 Å². The monoisotopic (exact) mass is 269 g/mol. The molecule has 0 bridgehead atoms. The molecule has 19 heavy (non-hydrogen) atoms. The number of nitrogens with one attached hydrogen (secondary N) is 1. The van der Waals surface area contributed by atoms with Crippen LogP contribution in [0.4, 0.5) is 4.39 Å². The van der Waals surface area contributed by atoms with Crippen molar-refractivity contribution in [1.82, 2.24) is 5.32 Å². The summed E-state index contributed by atoms with van der Waals surface area (Å²) in [6.45, 7) is 1.09. The maximum Gasteiger partial charge on any atom is 0.326 e. The number of halogens is 1. The summed E-state index contributed by atoms with van der Waals surface area (Å²) in [7, 11) is 0. The van der Waals surface area contributed by atoms with Crippen LogP contribution >= 0.6 is 0 Å². The number of carbonyl (C=O) groups is 2. The minimum Gasteiger partial charge on any atom is -0.480 e. The Bertz CT molecular complexity index is 464. The zero-order valence-electron chi connectivity index (χ0n) is 10.5. The molecule has 0 saturated heterocycles. The van der Waals surface area contributed by atoms with Crippen molar-refractivity contribution in [3.05, 3.63) is 35.6 Å². The summed E-state index contributed by atoms with van der Waals surface area (Å²) >= 11 is 0. The maximum absolute atomic E-state index is 13.4. The average molecular weight is 269 g/mol. The number of rotatable bonds is 6. The van der Waals surface area contributed by atoms with E-state index in [0.717, 1.165) is 0 Å². The Kier molecular flexibility index (Phi) is 5.44. The predicted molar refractivity (Wildman–Crippen MR) is 65.9 cm³/mol. The molecule has 0 saturated carbocycles. The van der Waals surface area contributed by atoms with Crippen molar-refractivity contribution in [3.8, 4) is 0 Å². The van der Waals surface area contributed by atoms with E-state index >= 15 is 0 Å². The van der Waals surface area contributed by atoms with Gasteiger partial charge in [0.25, 0.3) is 0 Å². The van der Waals surface area contributed by atoms with Crippen molar-refractivity contribution in [1.29, 1.82) is 0 Å². The van der Waals surface area contributed by atoms with E-state index in [9.17, 15) is 14.0 Å². The molecule has 3 N–H and O–H groups in total. The molecule has 0 aliphatic carbocycles. The molecule has 1 amide bonds. The summed E-state index contributed by atoms with van der Waals surface area (Å²) in [6.07, 6.45) is -0.147. The lowest BCUT2D eigenvalue weighted by molar-refractivity contribution is -0.142. The Morgan fingerprint density at radius 1 is 1.37 bits per heavy atom. The fraction of sp³-hybridized carbons (Fsp3) is 0.385. The van der Waals surface area contributed by atoms with Crippen LogP contribution in [0.2, 0.25) is 0 Å². The highest BCUT2D eigenvalue weighted by molar-refractivity contribution is 5.85. The second-order valence-corrected chi connectivity index (χ2v) is 4.28. The van der Waals surface area contributed by atoms with Crippen LogP contribution in [-0.4, -0.2) is 34.7 Å². The van der Waals surface area contributed by atoms with Gasteiger partial charge in [-0.15, -0.1) is 0 Å². The van der Waals surface area contributed by atoms with Gasteiger partial charge in [-0.1, -0.05) is 25.1 Å². The highest BCUT2D eigenvalue weighted by Crippen LogP contribution is 2.10. The van der Waals surface area contributed by atoms with Gasteiger partial charge < -0.3 is 15.5 Å². The van der Waals surface area contributed by atoms with Crippen LogP contribution in [0.1, 0.15) is 12.5 Å². The number of aliphatic hydroxyl groups is 1. The first-order valence-electron chi connectivity index (χ1n) is 5.83. The molecule has 1 aromatic rings. The first-order chi connectivity index (χ1) is 8.95. The fourth-order valence-electron chi connectivity index (χ4n) is 1.48. The van der Waals surface area contributed by atoms with Crippen molar-refractivity contribution in [2.24, 2.45) is 5.92 Å². The summed E-state index contributed by atoms with van der Waals surface area (Å²) in [6, 6.07) is 4.56. The summed E-state index contributed by atoms with van der Waals surface area (Å²) < 4.78 is 13.4. The number of aliphatic carboxylic acids is 1. The third-order valence-corrected chi connectivity index (χ3v) is 2.72. The lowest BCUT2D eigenvalue weighted by Crippen LogP contribution is -2.45. The second-order valence-electron chi connectivity index (χ2n) is 4.28. The molecule has 0 aromatic heterocycles. The van der Waals surface area contributed by atoms with Gasteiger partial charge in [0.1, 0.15) is 11.9 Å². The lowest BCUT2D eigenvalue weighted by atomic mass is 10.0. The molecule has 0 aliphatic heterocycles. The van der Waals surface area contributed by atoms with Crippen LogP contribution in [0.3, 0.4) is 0 Å². The van der Waals surface area contributed by atoms with Gasteiger partial charge in [0.2, 0.25) is 5.91 Å². The fourth-order valence-corrected chi connectivity index (χ4v) is 1.48. The van der Waals surface area contributed by atoms with Gasteiger partial charge in [0.15, 0.2) is 0 Å². The summed E-state index contributed by atoms with van der Waals surface area (Å²) in [5, 5.41) is 20.1. The van der Waals surface area contributed by atoms with Crippen LogP contribution in [-0.2, 0) is 16.0 Å². The molecule has 0 fully saturated rings. The van der Waals surface area contributed by atoms with Crippen LogP contribution in [0.25, 0.3) is 0 Å². The number of carboxylic acids is 1. The van der Waals surface area contributed by atoms with Gasteiger partial charge in [0, 0.05) is 6.42 Å². The van der Waals surface area contributed by atoms with Gasteiger partial charge in [0.05, 0.1) is 12.5 Å². The molecule has 104 valence electrons. The molecule has 0 heterocycles. The smallest absolute Gasteiger partial charge is 0.326 e. The van der Waals surface area contributed by atoms with Crippen molar-refractivity contribution in [3.63, 3.8) is 0 Å². The summed E-state index contributed by atoms with van der Waals surface area (Å²) in [4.78, 5) is 22.6. The molecule has 2 unspecified atom stereocenters. The first-order valence-corrected chi connectivity index (χ1v) is 5.83. The third-order valence-electron chi connectivity index (χ3n) is 2.72. The minimum absolute atomic E-state index is 0.147. The van der Waals surface area contributed by atoms with E-state index in [-0.39, 0.29) is 18.6 Å². The van der Waals surface area contributed by atoms with Crippen molar-refractivity contribution < 1.29 is 24.2 Å². The molecule has 6 heteroatoms. The van der Waals surface area contributed by atoms with E-state index in [1.807, 2.05) is 0 Å². The zero-order valence-corrected chi connectivity index (χ0v) is 10.5. The van der Waals surface area contributed by atoms with Crippen LogP contribution in [0.5, 0.6) is 0 Å². The van der Waals surface area contributed by atoms with Gasteiger partial charge in [-0.2, -0.15) is 0 Å². The zero-order chi connectivity index (χ0) is 14.4. The molecule has 1 rings (SSSR count). The van der Waals surface area contributed by atoms with Gasteiger partial charge in [-0.3, -0.25) is 4.79 Å². The SMILES string of the molecule is CC(CO)C(=O)NC(Cc1ccccc1F)C(=O)O. The Morgan fingerprint density at radius 2 is 2.00 bits per heavy atom.